The number of carbonyl (C=O) groups excluding carboxylic acids is 3. The molecule has 3 rings (SSSR count). The molecular formula is C20H26N2O6S. The molecular weight excluding hydrogens is 396 g/mol. The summed E-state index contributed by atoms with van der Waals surface area (Å²) in [4.78, 5) is 38.9. The second-order valence-corrected chi connectivity index (χ2v) is 9.91. The van der Waals surface area contributed by atoms with Crippen molar-refractivity contribution in [3.63, 3.8) is 0 Å². The van der Waals surface area contributed by atoms with Crippen molar-refractivity contribution in [2.45, 2.75) is 50.2 Å². The summed E-state index contributed by atoms with van der Waals surface area (Å²) in [5.41, 5.74) is 0.501. The van der Waals surface area contributed by atoms with Crippen molar-refractivity contribution in [3.05, 3.63) is 29.8 Å². The van der Waals surface area contributed by atoms with E-state index in [0.29, 0.717) is 18.4 Å². The zero-order valence-electron chi connectivity index (χ0n) is 16.8. The number of likely N-dealkylation sites (tertiary alicyclic amines) is 1. The first-order chi connectivity index (χ1) is 13.6. The Labute approximate surface area is 170 Å². The van der Waals surface area contributed by atoms with E-state index in [4.69, 9.17) is 4.74 Å². The van der Waals surface area contributed by atoms with Gasteiger partial charge in [-0.25, -0.2) is 17.5 Å². The zero-order chi connectivity index (χ0) is 21.3. The van der Waals surface area contributed by atoms with Crippen LogP contribution in [0.4, 0.5) is 0 Å². The smallest absolute Gasteiger partial charge is 0.329 e. The normalized spacial score (nSPS) is 23.2. The third-order valence-corrected chi connectivity index (χ3v) is 7.47. The van der Waals surface area contributed by atoms with Crippen LogP contribution in [-0.4, -0.2) is 55.5 Å². The van der Waals surface area contributed by atoms with Crippen LogP contribution in [-0.2, 0) is 35.8 Å². The highest BCUT2D eigenvalue weighted by Gasteiger charge is 2.51. The molecule has 29 heavy (non-hydrogen) atoms. The molecule has 0 unspecified atom stereocenters. The van der Waals surface area contributed by atoms with Gasteiger partial charge in [0.1, 0.15) is 12.6 Å². The number of rotatable bonds is 6. The molecule has 0 spiro atoms. The number of amides is 2. The summed E-state index contributed by atoms with van der Waals surface area (Å²) in [5.74, 6) is -1.91. The molecule has 1 aromatic carbocycles. The lowest BCUT2D eigenvalue weighted by Gasteiger charge is -2.21. The molecule has 8 nitrogen and oxygen atoms in total. The molecule has 0 N–H and O–H groups in total. The average Bonchev–Trinajstić information content (AvgIpc) is 2.96. The number of carbonyl (C=O) groups is 3. The Balaban J connectivity index is 1.67. The van der Waals surface area contributed by atoms with E-state index in [1.54, 1.807) is 12.1 Å². The Morgan fingerprint density at radius 3 is 2.31 bits per heavy atom. The van der Waals surface area contributed by atoms with Crippen molar-refractivity contribution in [1.29, 1.82) is 0 Å². The number of ether oxygens (including phenoxy) is 1. The molecule has 0 bridgehead atoms. The van der Waals surface area contributed by atoms with E-state index in [1.165, 1.54) is 33.2 Å². The van der Waals surface area contributed by atoms with Gasteiger partial charge in [-0.1, -0.05) is 25.0 Å². The maximum atomic E-state index is 12.6. The van der Waals surface area contributed by atoms with Crippen LogP contribution in [0.25, 0.3) is 0 Å². The highest BCUT2D eigenvalue weighted by atomic mass is 32.2. The third kappa shape index (κ3) is 4.06. The minimum Gasteiger partial charge on any atom is -0.459 e. The lowest BCUT2D eigenvalue weighted by molar-refractivity contribution is -0.159. The van der Waals surface area contributed by atoms with Crippen molar-refractivity contribution in [1.82, 2.24) is 9.21 Å². The average molecular weight is 423 g/mol. The lowest BCUT2D eigenvalue weighted by Crippen LogP contribution is -2.44. The van der Waals surface area contributed by atoms with Gasteiger partial charge >= 0.3 is 5.97 Å². The van der Waals surface area contributed by atoms with Gasteiger partial charge in [-0.3, -0.25) is 14.5 Å². The van der Waals surface area contributed by atoms with Gasteiger partial charge in [0.25, 0.3) is 0 Å². The predicted molar refractivity (Wildman–Crippen MR) is 104 cm³/mol. The van der Waals surface area contributed by atoms with Crippen LogP contribution in [0.15, 0.2) is 29.2 Å². The van der Waals surface area contributed by atoms with E-state index in [1.807, 2.05) is 0 Å². The molecule has 1 saturated heterocycles. The van der Waals surface area contributed by atoms with E-state index in [-0.39, 0.29) is 35.2 Å². The van der Waals surface area contributed by atoms with Gasteiger partial charge in [0.15, 0.2) is 0 Å². The zero-order valence-corrected chi connectivity index (χ0v) is 17.6. The summed E-state index contributed by atoms with van der Waals surface area (Å²) in [6, 6.07) is 5.11. The van der Waals surface area contributed by atoms with Gasteiger partial charge in [-0.05, 0) is 37.5 Å². The molecule has 1 aromatic rings. The molecule has 1 saturated carbocycles. The van der Waals surface area contributed by atoms with E-state index in [0.717, 1.165) is 22.0 Å². The summed E-state index contributed by atoms with van der Waals surface area (Å²) in [6.45, 7) is 1.34. The Hall–Kier alpha value is -2.26. The number of fused-ring (bicyclic) bond motifs is 1. The first-order valence-electron chi connectivity index (χ1n) is 9.69. The number of esters is 1. The van der Waals surface area contributed by atoms with Gasteiger partial charge in [-0.15, -0.1) is 0 Å². The maximum Gasteiger partial charge on any atom is 0.329 e. The van der Waals surface area contributed by atoms with Crippen LogP contribution in [0, 0.1) is 11.8 Å². The number of benzene rings is 1. The SMILES string of the molecule is C[C@H](C(=O)OCc1cccc(S(=O)(=O)N(C)C)c1)N1C(=O)[C@H]2CCCC[C@H]2C1=O. The van der Waals surface area contributed by atoms with Crippen molar-refractivity contribution in [3.8, 4) is 0 Å². The van der Waals surface area contributed by atoms with Crippen LogP contribution >= 0.6 is 0 Å². The van der Waals surface area contributed by atoms with E-state index >= 15 is 0 Å². The van der Waals surface area contributed by atoms with Crippen LogP contribution in [0.2, 0.25) is 0 Å². The highest BCUT2D eigenvalue weighted by Crippen LogP contribution is 2.38. The maximum absolute atomic E-state index is 12.6. The topological polar surface area (TPSA) is 101 Å². The highest BCUT2D eigenvalue weighted by molar-refractivity contribution is 7.89. The molecule has 2 amide bonds. The fourth-order valence-electron chi connectivity index (χ4n) is 3.96. The van der Waals surface area contributed by atoms with Gasteiger partial charge in [0.2, 0.25) is 21.8 Å². The molecule has 1 aliphatic carbocycles. The lowest BCUT2D eigenvalue weighted by atomic mass is 9.81. The van der Waals surface area contributed by atoms with Crippen molar-refractivity contribution < 1.29 is 27.5 Å². The summed E-state index contributed by atoms with van der Waals surface area (Å²) >= 11 is 0. The number of hydrogen-bond donors (Lipinski definition) is 0. The van der Waals surface area contributed by atoms with Crippen LogP contribution in [0.5, 0.6) is 0 Å². The molecule has 1 heterocycles. The molecule has 3 atom stereocenters. The number of hydrogen-bond acceptors (Lipinski definition) is 6. The van der Waals surface area contributed by atoms with Crippen molar-refractivity contribution in [2.75, 3.05) is 14.1 Å². The molecule has 2 aliphatic rings. The van der Waals surface area contributed by atoms with E-state index in [9.17, 15) is 22.8 Å². The summed E-state index contributed by atoms with van der Waals surface area (Å²) < 4.78 is 30.9. The minimum absolute atomic E-state index is 0.0954. The first-order valence-corrected chi connectivity index (χ1v) is 11.1. The van der Waals surface area contributed by atoms with Crippen LogP contribution in [0.3, 0.4) is 0 Å². The van der Waals surface area contributed by atoms with Crippen LogP contribution < -0.4 is 0 Å². The van der Waals surface area contributed by atoms with Gasteiger partial charge < -0.3 is 4.74 Å². The Bertz CT molecular complexity index is 903. The predicted octanol–water partition coefficient (Wildman–Crippen LogP) is 1.54. The summed E-state index contributed by atoms with van der Waals surface area (Å²) in [5, 5.41) is 0. The quantitative estimate of drug-likeness (QED) is 0.509. The standard InChI is InChI=1S/C20H26N2O6S/c1-13(22-18(23)16-9-4-5-10-17(16)19(22)24)20(25)28-12-14-7-6-8-15(11-14)29(26,27)21(2)3/h6-8,11,13,16-17H,4-5,9-10,12H2,1-3H3/t13-,16-,17+/m1/s1. The first kappa shape index (κ1) is 21.4. The minimum atomic E-state index is -3.60. The summed E-state index contributed by atoms with van der Waals surface area (Å²) in [6.07, 6.45) is 3.19. The Morgan fingerprint density at radius 1 is 1.17 bits per heavy atom. The Morgan fingerprint density at radius 2 is 1.76 bits per heavy atom. The number of imide groups is 1. The molecule has 158 valence electrons. The second-order valence-electron chi connectivity index (χ2n) is 7.76. The molecule has 9 heteroatoms. The molecule has 0 aromatic heterocycles. The van der Waals surface area contributed by atoms with E-state index in [2.05, 4.69) is 0 Å². The molecule has 0 radical (unpaired) electrons. The Kier molecular flexibility index (Phi) is 6.09. The summed E-state index contributed by atoms with van der Waals surface area (Å²) in [7, 11) is -0.727. The third-order valence-electron chi connectivity index (χ3n) is 5.66. The second kappa shape index (κ2) is 8.23. The number of nitrogens with zero attached hydrogens (tertiary/aromatic N) is 2. The van der Waals surface area contributed by atoms with Gasteiger partial charge in [-0.2, -0.15) is 0 Å². The monoisotopic (exact) mass is 422 g/mol. The largest absolute Gasteiger partial charge is 0.459 e. The van der Waals surface area contributed by atoms with Crippen molar-refractivity contribution >= 4 is 27.8 Å². The van der Waals surface area contributed by atoms with E-state index < -0.39 is 22.0 Å². The number of sulfonamides is 1. The molecule has 2 fully saturated rings. The van der Waals surface area contributed by atoms with Crippen molar-refractivity contribution in [2.24, 2.45) is 11.8 Å². The fourth-order valence-corrected chi connectivity index (χ4v) is 4.93. The fraction of sp³-hybridized carbons (Fsp3) is 0.550. The van der Waals surface area contributed by atoms with Gasteiger partial charge in [0, 0.05) is 14.1 Å². The molecule has 1 aliphatic heterocycles. The van der Waals surface area contributed by atoms with Gasteiger partial charge in [0.05, 0.1) is 16.7 Å². The van der Waals surface area contributed by atoms with Crippen LogP contribution in [0.1, 0.15) is 38.2 Å².